The predicted octanol–water partition coefficient (Wildman–Crippen LogP) is 1.98. The molecule has 0 atom stereocenters. The lowest BCUT2D eigenvalue weighted by atomic mass is 9.90. The third kappa shape index (κ3) is 3.95. The monoisotopic (exact) mass is 290 g/mol. The molecule has 0 aliphatic heterocycles. The highest BCUT2D eigenvalue weighted by molar-refractivity contribution is 5.81. The van der Waals surface area contributed by atoms with Crippen molar-refractivity contribution in [2.24, 2.45) is 5.41 Å². The van der Waals surface area contributed by atoms with Crippen molar-refractivity contribution in [3.8, 4) is 0 Å². The predicted molar refractivity (Wildman–Crippen MR) is 85.5 cm³/mol. The Morgan fingerprint density at radius 2 is 2.19 bits per heavy atom. The molecule has 1 aromatic carbocycles. The van der Waals surface area contributed by atoms with Crippen LogP contribution in [0.1, 0.15) is 20.3 Å². The van der Waals surface area contributed by atoms with Gasteiger partial charge in [0.05, 0.1) is 10.9 Å². The van der Waals surface area contributed by atoms with Crippen LogP contribution in [0.4, 0.5) is 11.6 Å². The highest BCUT2D eigenvalue weighted by atomic mass is 16.5. The van der Waals surface area contributed by atoms with Gasteiger partial charge in [0.25, 0.3) is 5.56 Å². The van der Waals surface area contributed by atoms with E-state index in [1.807, 2.05) is 0 Å². The molecule has 0 unspecified atom stereocenters. The van der Waals surface area contributed by atoms with Crippen LogP contribution in [0.15, 0.2) is 23.0 Å². The first-order valence-electron chi connectivity index (χ1n) is 6.94. The molecule has 1 aromatic heterocycles. The fraction of sp³-hybridized carbons (Fsp3) is 0.467. The summed E-state index contributed by atoms with van der Waals surface area (Å²) in [4.78, 5) is 19.2. The Morgan fingerprint density at radius 3 is 2.90 bits per heavy atom. The number of fused-ring (bicyclic) bond motifs is 1. The van der Waals surface area contributed by atoms with Crippen molar-refractivity contribution in [3.63, 3.8) is 0 Å². The van der Waals surface area contributed by atoms with Crippen molar-refractivity contribution < 1.29 is 4.74 Å². The van der Waals surface area contributed by atoms with Crippen LogP contribution in [0.25, 0.3) is 10.9 Å². The minimum atomic E-state index is -0.190. The van der Waals surface area contributed by atoms with E-state index in [2.05, 4.69) is 29.1 Å². The van der Waals surface area contributed by atoms with E-state index in [1.165, 1.54) is 0 Å². The summed E-state index contributed by atoms with van der Waals surface area (Å²) in [6, 6.07) is 5.12. The Bertz CT molecular complexity index is 679. The first kappa shape index (κ1) is 15.3. The Kier molecular flexibility index (Phi) is 4.47. The summed E-state index contributed by atoms with van der Waals surface area (Å²) < 4.78 is 5.10. The van der Waals surface area contributed by atoms with E-state index in [1.54, 1.807) is 25.3 Å². The van der Waals surface area contributed by atoms with E-state index in [0.29, 0.717) is 35.7 Å². The third-order valence-corrected chi connectivity index (χ3v) is 3.45. The molecule has 2 rings (SSSR count). The average Bonchev–Trinajstić information content (AvgIpc) is 2.44. The van der Waals surface area contributed by atoms with Crippen LogP contribution in [-0.4, -0.2) is 30.2 Å². The molecule has 0 saturated carbocycles. The molecule has 6 nitrogen and oxygen atoms in total. The molecule has 2 aromatic rings. The van der Waals surface area contributed by atoms with E-state index in [9.17, 15) is 4.79 Å². The zero-order chi connectivity index (χ0) is 15.5. The topological polar surface area (TPSA) is 93.0 Å². The van der Waals surface area contributed by atoms with E-state index in [-0.39, 0.29) is 11.0 Å². The number of nitrogens with two attached hydrogens (primary N) is 1. The average molecular weight is 290 g/mol. The second kappa shape index (κ2) is 6.13. The second-order valence-electron chi connectivity index (χ2n) is 5.95. The van der Waals surface area contributed by atoms with Crippen molar-refractivity contribution in [2.45, 2.75) is 20.3 Å². The first-order valence-corrected chi connectivity index (χ1v) is 6.94. The summed E-state index contributed by atoms with van der Waals surface area (Å²) >= 11 is 0. The highest BCUT2D eigenvalue weighted by Crippen LogP contribution is 2.20. The summed E-state index contributed by atoms with van der Waals surface area (Å²) in [6.45, 7) is 5.67. The third-order valence-electron chi connectivity index (χ3n) is 3.45. The van der Waals surface area contributed by atoms with Gasteiger partial charge < -0.3 is 15.8 Å². The number of benzene rings is 1. The fourth-order valence-electron chi connectivity index (χ4n) is 2.03. The number of rotatable bonds is 6. The van der Waals surface area contributed by atoms with Gasteiger partial charge in [-0.05, 0) is 30.0 Å². The number of hydrogen-bond acceptors (Lipinski definition) is 5. The van der Waals surface area contributed by atoms with Gasteiger partial charge in [0.15, 0.2) is 0 Å². The molecule has 1 heterocycles. The quantitative estimate of drug-likeness (QED) is 0.707. The maximum Gasteiger partial charge on any atom is 0.260 e. The molecule has 0 aliphatic rings. The van der Waals surface area contributed by atoms with Crippen molar-refractivity contribution in [2.75, 3.05) is 31.3 Å². The molecule has 0 amide bonds. The number of aromatic amines is 1. The Balaban J connectivity index is 2.16. The maximum atomic E-state index is 12.0. The maximum absolute atomic E-state index is 12.0. The zero-order valence-electron chi connectivity index (χ0n) is 12.7. The summed E-state index contributed by atoms with van der Waals surface area (Å²) in [5.41, 5.74) is 6.72. The van der Waals surface area contributed by atoms with Gasteiger partial charge in [0.2, 0.25) is 5.95 Å². The SMILES string of the molecule is COCCC(C)(C)CNc1nc2ccc(N)cc2c(=O)[nH]1. The lowest BCUT2D eigenvalue weighted by Gasteiger charge is -2.24. The standard InChI is InChI=1S/C15H22N4O2/c1-15(2,6-7-21-3)9-17-14-18-12-5-4-10(16)8-11(12)13(20)19-14/h4-5,8H,6-7,9,16H2,1-3H3,(H2,17,18,19,20). The molecule has 0 radical (unpaired) electrons. The van der Waals surface area contributed by atoms with Gasteiger partial charge in [0, 0.05) is 25.9 Å². The van der Waals surface area contributed by atoms with Crippen LogP contribution >= 0.6 is 0 Å². The molecule has 4 N–H and O–H groups in total. The van der Waals surface area contributed by atoms with E-state index < -0.39 is 0 Å². The van der Waals surface area contributed by atoms with Crippen LogP contribution in [0, 0.1) is 5.41 Å². The fourth-order valence-corrected chi connectivity index (χ4v) is 2.03. The normalized spacial score (nSPS) is 11.8. The van der Waals surface area contributed by atoms with Gasteiger partial charge in [-0.2, -0.15) is 0 Å². The van der Waals surface area contributed by atoms with E-state index in [4.69, 9.17) is 10.5 Å². The minimum absolute atomic E-state index is 0.0463. The molecular formula is C15H22N4O2. The summed E-state index contributed by atoms with van der Waals surface area (Å²) in [7, 11) is 1.69. The lowest BCUT2D eigenvalue weighted by Crippen LogP contribution is -2.26. The summed E-state index contributed by atoms with van der Waals surface area (Å²) in [6.07, 6.45) is 0.921. The highest BCUT2D eigenvalue weighted by Gasteiger charge is 2.17. The van der Waals surface area contributed by atoms with Gasteiger partial charge in [-0.25, -0.2) is 4.98 Å². The van der Waals surface area contributed by atoms with Crippen LogP contribution in [0.2, 0.25) is 0 Å². The van der Waals surface area contributed by atoms with Crippen LogP contribution in [0.3, 0.4) is 0 Å². The molecule has 0 aliphatic carbocycles. The number of aromatic nitrogens is 2. The number of nitrogens with zero attached hydrogens (tertiary/aromatic N) is 1. The number of H-pyrrole nitrogens is 1. The zero-order valence-corrected chi connectivity index (χ0v) is 12.7. The molecule has 6 heteroatoms. The molecule has 0 bridgehead atoms. The van der Waals surface area contributed by atoms with Crippen LogP contribution in [-0.2, 0) is 4.74 Å². The van der Waals surface area contributed by atoms with Gasteiger partial charge in [-0.15, -0.1) is 0 Å². The molecule has 0 fully saturated rings. The number of methoxy groups -OCH3 is 1. The summed E-state index contributed by atoms with van der Waals surface area (Å²) in [5, 5.41) is 3.69. The molecule has 114 valence electrons. The Labute approximate surface area is 123 Å². The largest absolute Gasteiger partial charge is 0.399 e. The lowest BCUT2D eigenvalue weighted by molar-refractivity contribution is 0.157. The number of anilines is 2. The Morgan fingerprint density at radius 1 is 1.43 bits per heavy atom. The molecular weight excluding hydrogens is 268 g/mol. The van der Waals surface area contributed by atoms with Gasteiger partial charge in [-0.3, -0.25) is 9.78 Å². The Hall–Kier alpha value is -2.08. The molecule has 0 spiro atoms. The summed E-state index contributed by atoms with van der Waals surface area (Å²) in [5.74, 6) is 0.475. The number of hydrogen-bond donors (Lipinski definition) is 3. The number of nitrogen functional groups attached to an aromatic ring is 1. The van der Waals surface area contributed by atoms with E-state index >= 15 is 0 Å². The van der Waals surface area contributed by atoms with Crippen molar-refractivity contribution >= 4 is 22.5 Å². The molecule has 21 heavy (non-hydrogen) atoms. The van der Waals surface area contributed by atoms with Crippen molar-refractivity contribution in [3.05, 3.63) is 28.6 Å². The second-order valence-corrected chi connectivity index (χ2v) is 5.95. The van der Waals surface area contributed by atoms with Crippen LogP contribution in [0.5, 0.6) is 0 Å². The smallest absolute Gasteiger partial charge is 0.260 e. The molecule has 0 saturated heterocycles. The van der Waals surface area contributed by atoms with Gasteiger partial charge in [-0.1, -0.05) is 13.8 Å². The first-order chi connectivity index (χ1) is 9.91. The van der Waals surface area contributed by atoms with Crippen molar-refractivity contribution in [1.82, 2.24) is 9.97 Å². The van der Waals surface area contributed by atoms with E-state index in [0.717, 1.165) is 6.42 Å². The van der Waals surface area contributed by atoms with Gasteiger partial charge in [0.1, 0.15) is 0 Å². The minimum Gasteiger partial charge on any atom is -0.399 e. The number of ether oxygens (including phenoxy) is 1. The van der Waals surface area contributed by atoms with Crippen molar-refractivity contribution in [1.29, 1.82) is 0 Å². The number of nitrogens with one attached hydrogen (secondary N) is 2. The van der Waals surface area contributed by atoms with Crippen LogP contribution < -0.4 is 16.6 Å². The van der Waals surface area contributed by atoms with Gasteiger partial charge >= 0.3 is 0 Å².